The van der Waals surface area contributed by atoms with Crippen LogP contribution in [0.1, 0.15) is 42.1 Å². The summed E-state index contributed by atoms with van der Waals surface area (Å²) in [6.07, 6.45) is 1.45. The number of nitrogen functional groups attached to an aromatic ring is 1. The molecule has 1 fully saturated rings. The topological polar surface area (TPSA) is 109 Å². The molecule has 3 N–H and O–H groups in total. The number of anilines is 2. The van der Waals surface area contributed by atoms with Crippen molar-refractivity contribution in [3.63, 3.8) is 0 Å². The van der Waals surface area contributed by atoms with Crippen molar-refractivity contribution in [1.82, 2.24) is 4.98 Å². The van der Waals surface area contributed by atoms with Crippen LogP contribution in [0.4, 0.5) is 20.3 Å². The van der Waals surface area contributed by atoms with Gasteiger partial charge in [-0.2, -0.15) is 5.26 Å². The Bertz CT molecular complexity index is 1340. The minimum atomic E-state index is -2.88. The van der Waals surface area contributed by atoms with E-state index < -0.39 is 12.3 Å². The Hall–Kier alpha value is -3.86. The molecule has 2 atom stereocenters. The zero-order valence-corrected chi connectivity index (χ0v) is 18.9. The molecule has 0 aliphatic heterocycles. The van der Waals surface area contributed by atoms with Crippen LogP contribution < -0.4 is 11.1 Å². The zero-order chi connectivity index (χ0) is 24.6. The van der Waals surface area contributed by atoms with Crippen LogP contribution >= 0.6 is 0 Å². The van der Waals surface area contributed by atoms with Crippen LogP contribution in [0.3, 0.4) is 0 Å². The Balaban J connectivity index is 1.59. The minimum absolute atomic E-state index is 0.220. The van der Waals surface area contributed by atoms with Gasteiger partial charge in [-0.1, -0.05) is 12.1 Å². The highest BCUT2D eigenvalue weighted by molar-refractivity contribution is 6.01. The molecule has 1 heterocycles. The summed E-state index contributed by atoms with van der Waals surface area (Å²) in [6, 6.07) is 12.7. The molecule has 0 spiro atoms. The van der Waals surface area contributed by atoms with Crippen molar-refractivity contribution in [1.29, 1.82) is 5.26 Å². The number of ketones is 1. The SMILES string of the molecule is Cc1cc(C(=O)CCC(C)(F)F)ccc1-c1cc(N)c2cnc(NC(=O)C3CC3C#N)cc2c1. The second kappa shape index (κ2) is 8.82. The number of alkyl halides is 2. The molecule has 1 aromatic heterocycles. The van der Waals surface area contributed by atoms with Crippen molar-refractivity contribution < 1.29 is 18.4 Å². The smallest absolute Gasteiger partial charge is 0.245 e. The van der Waals surface area contributed by atoms with Gasteiger partial charge in [0.1, 0.15) is 5.82 Å². The van der Waals surface area contributed by atoms with Crippen LogP contribution in [-0.2, 0) is 4.79 Å². The van der Waals surface area contributed by atoms with Crippen molar-refractivity contribution in [2.24, 2.45) is 11.8 Å². The lowest BCUT2D eigenvalue weighted by molar-refractivity contribution is -0.117. The number of halogens is 2. The van der Waals surface area contributed by atoms with Gasteiger partial charge in [-0.15, -0.1) is 0 Å². The molecular formula is C26H24F2N4O2. The number of aryl methyl sites for hydroxylation is 1. The molecule has 34 heavy (non-hydrogen) atoms. The molecule has 4 rings (SSSR count). The van der Waals surface area contributed by atoms with Crippen LogP contribution in [0.25, 0.3) is 21.9 Å². The molecule has 1 saturated carbocycles. The van der Waals surface area contributed by atoms with Crippen molar-refractivity contribution >= 4 is 34.0 Å². The third-order valence-electron chi connectivity index (χ3n) is 6.06. The van der Waals surface area contributed by atoms with Gasteiger partial charge in [-0.3, -0.25) is 9.59 Å². The maximum Gasteiger partial charge on any atom is 0.245 e. The average Bonchev–Trinajstić information content (AvgIpc) is 3.57. The van der Waals surface area contributed by atoms with Crippen LogP contribution in [0, 0.1) is 30.1 Å². The van der Waals surface area contributed by atoms with Crippen molar-refractivity contribution in [3.05, 3.63) is 53.7 Å². The lowest BCUT2D eigenvalue weighted by atomic mass is 9.94. The normalized spacial score (nSPS) is 17.3. The first-order valence-corrected chi connectivity index (χ1v) is 11.0. The highest BCUT2D eigenvalue weighted by Crippen LogP contribution is 2.39. The van der Waals surface area contributed by atoms with Crippen LogP contribution in [0.5, 0.6) is 0 Å². The maximum atomic E-state index is 13.1. The van der Waals surface area contributed by atoms with Crippen molar-refractivity contribution in [2.45, 2.75) is 39.0 Å². The molecule has 6 nitrogen and oxygen atoms in total. The molecule has 8 heteroatoms. The number of aromatic nitrogens is 1. The molecular weight excluding hydrogens is 438 g/mol. The number of rotatable bonds is 7. The lowest BCUT2D eigenvalue weighted by Gasteiger charge is -2.13. The molecule has 0 radical (unpaired) electrons. The Labute approximate surface area is 195 Å². The van der Waals surface area contributed by atoms with E-state index in [1.807, 2.05) is 19.1 Å². The molecule has 1 aliphatic carbocycles. The second-order valence-electron chi connectivity index (χ2n) is 8.95. The summed E-state index contributed by atoms with van der Waals surface area (Å²) >= 11 is 0. The van der Waals surface area contributed by atoms with Gasteiger partial charge in [-0.05, 0) is 66.6 Å². The Morgan fingerprint density at radius 3 is 2.68 bits per heavy atom. The number of Topliss-reactive ketones (excluding diaryl/α,β-unsaturated/α-hetero) is 1. The van der Waals surface area contributed by atoms with Gasteiger partial charge in [0.15, 0.2) is 5.78 Å². The van der Waals surface area contributed by atoms with Gasteiger partial charge < -0.3 is 11.1 Å². The highest BCUT2D eigenvalue weighted by atomic mass is 19.3. The predicted molar refractivity (Wildman–Crippen MR) is 126 cm³/mol. The summed E-state index contributed by atoms with van der Waals surface area (Å²) in [6.45, 7) is 2.65. The third-order valence-corrected chi connectivity index (χ3v) is 6.06. The number of amides is 1. The van der Waals surface area contributed by atoms with Gasteiger partial charge in [0.25, 0.3) is 0 Å². The molecule has 1 aliphatic rings. The number of nitrogens with zero attached hydrogens (tertiary/aromatic N) is 2. The van der Waals surface area contributed by atoms with E-state index in [4.69, 9.17) is 11.0 Å². The number of carbonyl (C=O) groups is 2. The van der Waals surface area contributed by atoms with Crippen LogP contribution in [0.2, 0.25) is 0 Å². The van der Waals surface area contributed by atoms with E-state index in [1.54, 1.807) is 30.5 Å². The Morgan fingerprint density at radius 1 is 1.26 bits per heavy atom. The molecule has 174 valence electrons. The largest absolute Gasteiger partial charge is 0.398 e. The summed E-state index contributed by atoms with van der Waals surface area (Å²) in [5, 5.41) is 13.2. The van der Waals surface area contributed by atoms with Gasteiger partial charge in [0.2, 0.25) is 11.8 Å². The van der Waals surface area contributed by atoms with Gasteiger partial charge in [0.05, 0.1) is 17.9 Å². The number of hydrogen-bond donors (Lipinski definition) is 2. The third kappa shape index (κ3) is 5.04. The molecule has 1 amide bonds. The fourth-order valence-corrected chi connectivity index (χ4v) is 3.99. The Kier molecular flexibility index (Phi) is 6.05. The molecule has 3 aromatic rings. The summed E-state index contributed by atoms with van der Waals surface area (Å²) in [5.74, 6) is -3.58. The van der Waals surface area contributed by atoms with Gasteiger partial charge in [0, 0.05) is 35.7 Å². The summed E-state index contributed by atoms with van der Waals surface area (Å²) < 4.78 is 26.2. The molecule has 2 aromatic carbocycles. The van der Waals surface area contributed by atoms with Crippen LogP contribution in [0.15, 0.2) is 42.6 Å². The summed E-state index contributed by atoms with van der Waals surface area (Å²) in [7, 11) is 0. The first kappa shape index (κ1) is 23.3. The lowest BCUT2D eigenvalue weighted by Crippen LogP contribution is -2.15. The van der Waals surface area contributed by atoms with E-state index >= 15 is 0 Å². The van der Waals surface area contributed by atoms with E-state index in [0.717, 1.165) is 34.4 Å². The van der Waals surface area contributed by atoms with E-state index in [0.29, 0.717) is 23.5 Å². The fraction of sp³-hybridized carbons (Fsp3) is 0.308. The molecule has 0 bridgehead atoms. The van der Waals surface area contributed by atoms with E-state index in [2.05, 4.69) is 16.4 Å². The fourth-order valence-electron chi connectivity index (χ4n) is 3.99. The summed E-state index contributed by atoms with van der Waals surface area (Å²) in [4.78, 5) is 28.9. The van der Waals surface area contributed by atoms with E-state index in [-0.39, 0.29) is 29.9 Å². The van der Waals surface area contributed by atoms with E-state index in [9.17, 15) is 18.4 Å². The first-order valence-electron chi connectivity index (χ1n) is 11.0. The maximum absolute atomic E-state index is 13.1. The highest BCUT2D eigenvalue weighted by Gasteiger charge is 2.43. The number of pyridine rings is 1. The quantitative estimate of drug-likeness (QED) is 0.356. The standard InChI is InChI=1S/C26H24F2N4O2/c1-14-7-15(23(33)5-6-26(2,27)28)3-4-19(14)16-8-17-11-24(31-13-21(17)22(30)10-16)32-25(34)20-9-18(20)12-29/h3-4,7-8,10-11,13,18,20H,5-6,9,30H2,1-2H3,(H,31,32,34). The second-order valence-corrected chi connectivity index (χ2v) is 8.95. The Morgan fingerprint density at radius 2 is 2.03 bits per heavy atom. The minimum Gasteiger partial charge on any atom is -0.398 e. The van der Waals surface area contributed by atoms with E-state index in [1.165, 1.54) is 0 Å². The number of carbonyl (C=O) groups excluding carboxylic acids is 2. The summed E-state index contributed by atoms with van der Waals surface area (Å²) in [5.41, 5.74) is 9.64. The van der Waals surface area contributed by atoms with Gasteiger partial charge >= 0.3 is 0 Å². The number of nitrogens with two attached hydrogens (primary N) is 1. The van der Waals surface area contributed by atoms with Crippen molar-refractivity contribution in [3.8, 4) is 17.2 Å². The molecule has 0 saturated heterocycles. The molecule has 2 unspecified atom stereocenters. The number of hydrogen-bond acceptors (Lipinski definition) is 5. The first-order chi connectivity index (χ1) is 16.1. The van der Waals surface area contributed by atoms with Crippen LogP contribution in [-0.4, -0.2) is 22.6 Å². The average molecular weight is 463 g/mol. The number of nitrogens with one attached hydrogen (secondary N) is 1. The van der Waals surface area contributed by atoms with Crippen molar-refractivity contribution in [2.75, 3.05) is 11.1 Å². The predicted octanol–water partition coefficient (Wildman–Crippen LogP) is 5.51. The number of nitriles is 1. The van der Waals surface area contributed by atoms with Gasteiger partial charge in [-0.25, -0.2) is 13.8 Å². The number of fused-ring (bicyclic) bond motifs is 1. The number of benzene rings is 2. The zero-order valence-electron chi connectivity index (χ0n) is 18.9. The monoisotopic (exact) mass is 462 g/mol.